The first-order valence-corrected chi connectivity index (χ1v) is 7.56. The van der Waals surface area contributed by atoms with Crippen LogP contribution in [0.2, 0.25) is 0 Å². The topological polar surface area (TPSA) is 49.3 Å². The second-order valence-electron chi connectivity index (χ2n) is 5.57. The normalized spacial score (nSPS) is 15.8. The minimum Gasteiger partial charge on any atom is -0.336 e. The molecule has 0 unspecified atom stereocenters. The van der Waals surface area contributed by atoms with Gasteiger partial charge in [0.2, 0.25) is 0 Å². The van der Waals surface area contributed by atoms with Crippen LogP contribution >= 0.6 is 0 Å². The van der Waals surface area contributed by atoms with E-state index in [1.165, 1.54) is 5.56 Å². The summed E-state index contributed by atoms with van der Waals surface area (Å²) in [5.74, 6) is 0.712. The Hall–Kier alpha value is -2.27. The van der Waals surface area contributed by atoms with E-state index in [2.05, 4.69) is 39.1 Å². The molecule has 3 rings (SSSR count). The number of piperazine rings is 1. The zero-order valence-corrected chi connectivity index (χ0v) is 12.8. The molecule has 5 nitrogen and oxygen atoms in total. The summed E-state index contributed by atoms with van der Waals surface area (Å²) >= 11 is 0. The van der Waals surface area contributed by atoms with Gasteiger partial charge in [0.1, 0.15) is 5.82 Å². The standard InChI is InChI=1S/C17H20N4O/c1-14-18-11-16(12-19-14)17(22)21-9-7-20(8-10-21)13-15-5-3-2-4-6-15/h2-6,11-12H,7-10,13H2,1H3. The van der Waals surface area contributed by atoms with Crippen LogP contribution < -0.4 is 0 Å². The number of nitrogens with zero attached hydrogens (tertiary/aromatic N) is 4. The van der Waals surface area contributed by atoms with Crippen LogP contribution in [-0.4, -0.2) is 51.9 Å². The molecule has 0 bridgehead atoms. The minimum absolute atomic E-state index is 0.0272. The third-order valence-corrected chi connectivity index (χ3v) is 3.94. The molecule has 22 heavy (non-hydrogen) atoms. The van der Waals surface area contributed by atoms with Gasteiger partial charge in [0.15, 0.2) is 0 Å². The van der Waals surface area contributed by atoms with Crippen LogP contribution in [0, 0.1) is 6.92 Å². The van der Waals surface area contributed by atoms with E-state index < -0.39 is 0 Å². The summed E-state index contributed by atoms with van der Waals surface area (Å²) in [6.45, 7) is 6.05. The molecule has 0 radical (unpaired) electrons. The van der Waals surface area contributed by atoms with Gasteiger partial charge in [-0.15, -0.1) is 0 Å². The molecule has 0 spiro atoms. The Morgan fingerprint density at radius 1 is 1.05 bits per heavy atom. The maximum atomic E-state index is 12.4. The highest BCUT2D eigenvalue weighted by molar-refractivity contribution is 5.93. The summed E-state index contributed by atoms with van der Waals surface area (Å²) < 4.78 is 0. The second kappa shape index (κ2) is 6.66. The highest BCUT2D eigenvalue weighted by Crippen LogP contribution is 2.11. The molecule has 0 saturated carbocycles. The molecule has 114 valence electrons. The molecule has 1 aromatic heterocycles. The van der Waals surface area contributed by atoms with Crippen LogP contribution in [0.3, 0.4) is 0 Å². The van der Waals surface area contributed by atoms with Crippen LogP contribution in [0.15, 0.2) is 42.7 Å². The van der Waals surface area contributed by atoms with Gasteiger partial charge in [0.05, 0.1) is 5.56 Å². The molecule has 0 atom stereocenters. The molecule has 1 amide bonds. The Labute approximate surface area is 130 Å². The zero-order valence-electron chi connectivity index (χ0n) is 12.8. The molecular weight excluding hydrogens is 276 g/mol. The lowest BCUT2D eigenvalue weighted by molar-refractivity contribution is 0.0627. The van der Waals surface area contributed by atoms with Crippen molar-refractivity contribution in [2.45, 2.75) is 13.5 Å². The van der Waals surface area contributed by atoms with E-state index in [0.29, 0.717) is 11.4 Å². The van der Waals surface area contributed by atoms with Gasteiger partial charge in [0.25, 0.3) is 5.91 Å². The van der Waals surface area contributed by atoms with Crippen LogP contribution in [0.25, 0.3) is 0 Å². The highest BCUT2D eigenvalue weighted by Gasteiger charge is 2.22. The lowest BCUT2D eigenvalue weighted by Crippen LogP contribution is -2.48. The number of aryl methyl sites for hydroxylation is 1. The van der Waals surface area contributed by atoms with E-state index in [-0.39, 0.29) is 5.91 Å². The summed E-state index contributed by atoms with van der Waals surface area (Å²) in [5.41, 5.74) is 1.89. The smallest absolute Gasteiger partial charge is 0.257 e. The number of amides is 1. The van der Waals surface area contributed by atoms with Crippen molar-refractivity contribution < 1.29 is 4.79 Å². The summed E-state index contributed by atoms with van der Waals surface area (Å²) in [4.78, 5) is 24.9. The first-order valence-electron chi connectivity index (χ1n) is 7.56. The van der Waals surface area contributed by atoms with E-state index in [1.54, 1.807) is 12.4 Å². The van der Waals surface area contributed by atoms with Crippen molar-refractivity contribution in [1.82, 2.24) is 19.8 Å². The van der Waals surface area contributed by atoms with E-state index in [0.717, 1.165) is 32.7 Å². The maximum Gasteiger partial charge on any atom is 0.257 e. The summed E-state index contributed by atoms with van der Waals surface area (Å²) in [6.07, 6.45) is 3.22. The SMILES string of the molecule is Cc1ncc(C(=O)N2CCN(Cc3ccccc3)CC2)cn1. The number of carbonyl (C=O) groups excluding carboxylic acids is 1. The third-order valence-electron chi connectivity index (χ3n) is 3.94. The highest BCUT2D eigenvalue weighted by atomic mass is 16.2. The van der Waals surface area contributed by atoms with Gasteiger partial charge in [-0.1, -0.05) is 30.3 Å². The van der Waals surface area contributed by atoms with Crippen molar-refractivity contribution in [3.63, 3.8) is 0 Å². The van der Waals surface area contributed by atoms with Gasteiger partial charge >= 0.3 is 0 Å². The van der Waals surface area contributed by atoms with Gasteiger partial charge in [-0.25, -0.2) is 9.97 Å². The molecule has 0 aliphatic carbocycles. The number of hydrogen-bond donors (Lipinski definition) is 0. The van der Waals surface area contributed by atoms with E-state index in [9.17, 15) is 4.79 Å². The number of hydrogen-bond acceptors (Lipinski definition) is 4. The predicted octanol–water partition coefficient (Wildman–Crippen LogP) is 1.74. The lowest BCUT2D eigenvalue weighted by Gasteiger charge is -2.34. The van der Waals surface area contributed by atoms with Crippen LogP contribution in [0.5, 0.6) is 0 Å². The van der Waals surface area contributed by atoms with Crippen molar-refractivity contribution in [2.24, 2.45) is 0 Å². The summed E-state index contributed by atoms with van der Waals surface area (Å²) in [6, 6.07) is 10.4. The fourth-order valence-electron chi connectivity index (χ4n) is 2.64. The number of carbonyl (C=O) groups is 1. The summed E-state index contributed by atoms with van der Waals surface area (Å²) in [7, 11) is 0. The molecule has 1 aromatic carbocycles. The fourth-order valence-corrected chi connectivity index (χ4v) is 2.64. The van der Waals surface area contributed by atoms with Crippen molar-refractivity contribution in [2.75, 3.05) is 26.2 Å². The molecule has 0 N–H and O–H groups in total. The van der Waals surface area contributed by atoms with Crippen molar-refractivity contribution >= 4 is 5.91 Å². The van der Waals surface area contributed by atoms with Gasteiger partial charge in [0, 0.05) is 45.1 Å². The molecule has 5 heteroatoms. The second-order valence-corrected chi connectivity index (χ2v) is 5.57. The van der Waals surface area contributed by atoms with Crippen molar-refractivity contribution in [3.05, 3.63) is 59.7 Å². The molecule has 2 heterocycles. The Kier molecular flexibility index (Phi) is 4.44. The zero-order chi connectivity index (χ0) is 15.4. The maximum absolute atomic E-state index is 12.4. The third kappa shape index (κ3) is 3.49. The molecular formula is C17H20N4O. The molecule has 2 aromatic rings. The van der Waals surface area contributed by atoms with E-state index in [4.69, 9.17) is 0 Å². The Morgan fingerprint density at radius 2 is 1.68 bits per heavy atom. The van der Waals surface area contributed by atoms with Crippen LogP contribution in [-0.2, 0) is 6.54 Å². The van der Waals surface area contributed by atoms with Gasteiger partial charge in [-0.05, 0) is 12.5 Å². The van der Waals surface area contributed by atoms with Gasteiger partial charge in [-0.3, -0.25) is 9.69 Å². The lowest BCUT2D eigenvalue weighted by atomic mass is 10.2. The number of aromatic nitrogens is 2. The molecule has 1 saturated heterocycles. The van der Waals surface area contributed by atoms with Gasteiger partial charge in [-0.2, -0.15) is 0 Å². The first-order chi connectivity index (χ1) is 10.7. The Balaban J connectivity index is 1.55. The number of benzene rings is 1. The average molecular weight is 296 g/mol. The fraction of sp³-hybridized carbons (Fsp3) is 0.353. The van der Waals surface area contributed by atoms with E-state index in [1.807, 2.05) is 17.9 Å². The van der Waals surface area contributed by atoms with Crippen LogP contribution in [0.1, 0.15) is 21.7 Å². The Morgan fingerprint density at radius 3 is 2.32 bits per heavy atom. The van der Waals surface area contributed by atoms with Gasteiger partial charge < -0.3 is 4.90 Å². The largest absolute Gasteiger partial charge is 0.336 e. The minimum atomic E-state index is 0.0272. The molecule has 1 aliphatic rings. The Bertz CT molecular complexity index is 619. The summed E-state index contributed by atoms with van der Waals surface area (Å²) in [5, 5.41) is 0. The van der Waals surface area contributed by atoms with Crippen LogP contribution in [0.4, 0.5) is 0 Å². The molecule has 1 fully saturated rings. The molecule has 1 aliphatic heterocycles. The first kappa shape index (κ1) is 14.7. The average Bonchev–Trinajstić information content (AvgIpc) is 2.57. The van der Waals surface area contributed by atoms with Crippen molar-refractivity contribution in [3.8, 4) is 0 Å². The van der Waals surface area contributed by atoms with E-state index >= 15 is 0 Å². The number of rotatable bonds is 3. The predicted molar refractivity (Wildman–Crippen MR) is 84.4 cm³/mol. The van der Waals surface area contributed by atoms with Crippen molar-refractivity contribution in [1.29, 1.82) is 0 Å². The monoisotopic (exact) mass is 296 g/mol. The quantitative estimate of drug-likeness (QED) is 0.866.